The highest BCUT2D eigenvalue weighted by Gasteiger charge is 2.56. The number of hydrogen-bond donors (Lipinski definition) is 5. The summed E-state index contributed by atoms with van der Waals surface area (Å²) in [6, 6.07) is 3.25. The first-order chi connectivity index (χ1) is 31.7. The van der Waals surface area contributed by atoms with E-state index in [1.54, 1.807) is 20.8 Å². The van der Waals surface area contributed by atoms with Crippen LogP contribution in [-0.4, -0.2) is 179 Å². The second-order valence-electron chi connectivity index (χ2n) is 19.7. The minimum atomic E-state index is -1.83. The molecule has 19 heteroatoms. The van der Waals surface area contributed by atoms with Gasteiger partial charge in [-0.2, -0.15) is 0 Å². The van der Waals surface area contributed by atoms with E-state index in [2.05, 4.69) is 0 Å². The van der Waals surface area contributed by atoms with Gasteiger partial charge in [0.1, 0.15) is 47.8 Å². The van der Waals surface area contributed by atoms with Crippen molar-refractivity contribution >= 4 is 17.3 Å². The summed E-state index contributed by atoms with van der Waals surface area (Å²) in [4.78, 5) is 44.8. The molecule has 0 unspecified atom stereocenters. The molecule has 18 atom stereocenters. The number of carbonyl (C=O) groups is 3. The lowest BCUT2D eigenvalue weighted by atomic mass is 9.70. The lowest BCUT2D eigenvalue weighted by Gasteiger charge is -2.51. The number of aromatic hydroxyl groups is 3. The Balaban J connectivity index is 1.02. The molecule has 368 valence electrons. The minimum absolute atomic E-state index is 0.0400. The number of rotatable bonds is 9. The quantitative estimate of drug-likeness (QED) is 0.194. The summed E-state index contributed by atoms with van der Waals surface area (Å²) in [7, 11) is 7.41. The molecule has 2 aromatic rings. The van der Waals surface area contributed by atoms with Crippen LogP contribution in [0.3, 0.4) is 0 Å². The molecular formula is C48H64N2O17. The number of ketones is 3. The normalized spacial score (nSPS) is 40.8. The lowest BCUT2D eigenvalue weighted by molar-refractivity contribution is -0.371. The molecule has 7 aliphatic rings. The van der Waals surface area contributed by atoms with Crippen LogP contribution in [0.25, 0.3) is 0 Å². The summed E-state index contributed by atoms with van der Waals surface area (Å²) >= 11 is 0. The summed E-state index contributed by atoms with van der Waals surface area (Å²) in [6.07, 6.45) is -10.6. The van der Waals surface area contributed by atoms with Crippen LogP contribution in [0.5, 0.6) is 17.2 Å². The van der Waals surface area contributed by atoms with Gasteiger partial charge >= 0.3 is 0 Å². The Bertz CT molecular complexity index is 2260. The zero-order chi connectivity index (χ0) is 48.1. The largest absolute Gasteiger partial charge is 0.507 e. The number of fused-ring (bicyclic) bond motifs is 5. The molecule has 0 amide bonds. The van der Waals surface area contributed by atoms with Crippen LogP contribution in [0.2, 0.25) is 0 Å². The highest BCUT2D eigenvalue weighted by atomic mass is 16.8. The molecule has 2 aliphatic carbocycles. The maximum Gasteiger partial charge on any atom is 0.202 e. The number of likely N-dealkylation sites (N-methyl/N-ethyl adjacent to an activating group) is 2. The van der Waals surface area contributed by atoms with Crippen molar-refractivity contribution < 1.29 is 82.5 Å². The molecule has 67 heavy (non-hydrogen) atoms. The van der Waals surface area contributed by atoms with E-state index in [1.165, 1.54) is 18.2 Å². The second kappa shape index (κ2) is 18.3. The summed E-state index contributed by atoms with van der Waals surface area (Å²) in [5, 5.41) is 59.3. The first kappa shape index (κ1) is 48.4. The van der Waals surface area contributed by atoms with Crippen molar-refractivity contribution in [2.75, 3.05) is 28.2 Å². The Morgan fingerprint density at radius 2 is 1.33 bits per heavy atom. The van der Waals surface area contributed by atoms with Gasteiger partial charge < -0.3 is 78.0 Å². The van der Waals surface area contributed by atoms with Crippen molar-refractivity contribution in [3.05, 3.63) is 51.6 Å². The average molecular weight is 941 g/mol. The van der Waals surface area contributed by atoms with Gasteiger partial charge in [0.05, 0.1) is 58.9 Å². The summed E-state index contributed by atoms with van der Waals surface area (Å²) in [5.41, 5.74) is -3.62. The van der Waals surface area contributed by atoms with E-state index in [0.29, 0.717) is 6.42 Å². The van der Waals surface area contributed by atoms with Gasteiger partial charge in [-0.05, 0) is 68.4 Å². The van der Waals surface area contributed by atoms with E-state index < -0.39 is 144 Å². The predicted octanol–water partition coefficient (Wildman–Crippen LogP) is 3.11. The molecule has 0 radical (unpaired) electrons. The number of aliphatic hydroxyl groups excluding tert-OH is 1. The average Bonchev–Trinajstić information content (AvgIpc) is 3.26. The Morgan fingerprint density at radius 3 is 2.03 bits per heavy atom. The number of Topliss-reactive ketones (excluding diaryl/α,β-unsaturated/α-hetero) is 1. The monoisotopic (exact) mass is 940 g/mol. The van der Waals surface area contributed by atoms with Crippen LogP contribution in [0, 0.1) is 0 Å². The molecule has 0 spiro atoms. The van der Waals surface area contributed by atoms with Gasteiger partial charge in [-0.3, -0.25) is 14.4 Å². The van der Waals surface area contributed by atoms with Gasteiger partial charge in [0.2, 0.25) is 5.78 Å². The van der Waals surface area contributed by atoms with Crippen LogP contribution in [-0.2, 0) is 47.4 Å². The van der Waals surface area contributed by atoms with Crippen molar-refractivity contribution in [2.24, 2.45) is 0 Å². The molecular weight excluding hydrogens is 877 g/mol. The Morgan fingerprint density at radius 1 is 0.701 bits per heavy atom. The van der Waals surface area contributed by atoms with Gasteiger partial charge in [0.15, 0.2) is 36.7 Å². The molecule has 5 aliphatic heterocycles. The molecule has 5 saturated heterocycles. The number of hydrogen-bond acceptors (Lipinski definition) is 19. The van der Waals surface area contributed by atoms with E-state index in [0.717, 1.165) is 0 Å². The highest BCUT2D eigenvalue weighted by molar-refractivity contribution is 6.31. The van der Waals surface area contributed by atoms with Gasteiger partial charge in [0.25, 0.3) is 0 Å². The number of ether oxygens (including phenoxy) is 9. The second-order valence-corrected chi connectivity index (χ2v) is 19.7. The standard InChI is InChI=1S/C48H64N2O17/c1-10-48(58)18-30(64-31-15-25(50(8)9)44(21(4)60-31)65-33-17-28-45(22(5)61-33)67-47-29(63-28)16-27(52)19(2)62-47)35-38(46(48)66-32-14-24(49(6)7)39(53)20(3)59-32)43(57)36-37(42(35)56)41(55)34-23(40(36)54)12-11-13-26(34)51/h11-13,19-22,24-25,28-33,39,44-47,51,53,56-58H,10,14-18H2,1-9H3/t19-,20-,21-,22-,24-,25-,28-,29+,30-,31-,32-,33-,39+,44+,45+,46+,47-,48+/m0/s1. The van der Waals surface area contributed by atoms with Crippen LogP contribution >= 0.6 is 0 Å². The maximum absolute atomic E-state index is 14.3. The molecule has 19 nitrogen and oxygen atoms in total. The van der Waals surface area contributed by atoms with Gasteiger partial charge in [-0.15, -0.1) is 0 Å². The number of phenolic OH excluding ortho intramolecular Hbond substituents is 3. The number of nitrogens with zero attached hydrogens (tertiary/aromatic N) is 2. The predicted molar refractivity (Wildman–Crippen MR) is 232 cm³/mol. The number of carbonyl (C=O) groups excluding carboxylic acids is 3. The molecule has 0 aromatic heterocycles. The zero-order valence-electron chi connectivity index (χ0n) is 39.3. The smallest absolute Gasteiger partial charge is 0.202 e. The minimum Gasteiger partial charge on any atom is -0.507 e. The number of phenols is 3. The number of benzene rings is 2. The van der Waals surface area contributed by atoms with Crippen LogP contribution < -0.4 is 0 Å². The Kier molecular flexibility index (Phi) is 13.2. The first-order valence-corrected chi connectivity index (χ1v) is 23.4. The number of aliphatic hydroxyl groups is 2. The molecule has 2 aromatic carbocycles. The van der Waals surface area contributed by atoms with Crippen molar-refractivity contribution in [3.63, 3.8) is 0 Å². The highest BCUT2D eigenvalue weighted by Crippen LogP contribution is 2.58. The van der Waals surface area contributed by atoms with E-state index >= 15 is 0 Å². The van der Waals surface area contributed by atoms with Gasteiger partial charge in [-0.25, -0.2) is 0 Å². The van der Waals surface area contributed by atoms with E-state index in [1.807, 2.05) is 51.8 Å². The third-order valence-corrected chi connectivity index (χ3v) is 15.0. The van der Waals surface area contributed by atoms with Crippen LogP contribution in [0.1, 0.15) is 128 Å². The Labute approximate surface area is 389 Å². The van der Waals surface area contributed by atoms with Crippen LogP contribution in [0.4, 0.5) is 0 Å². The Hall–Kier alpha value is -3.67. The summed E-state index contributed by atoms with van der Waals surface area (Å²) < 4.78 is 57.6. The fraction of sp³-hybridized carbons (Fsp3) is 0.688. The third-order valence-electron chi connectivity index (χ3n) is 15.0. The van der Waals surface area contributed by atoms with Crippen molar-refractivity contribution in [1.29, 1.82) is 0 Å². The van der Waals surface area contributed by atoms with Gasteiger partial charge in [-0.1, -0.05) is 19.1 Å². The van der Waals surface area contributed by atoms with E-state index in [9.17, 15) is 39.9 Å². The first-order valence-electron chi connectivity index (χ1n) is 23.4. The SMILES string of the molecule is CC[C@@]1(O)C[C@H](O[C@H]2C[C@H](N(C)C)[C@H](O[C@H]3C[C@@H]4O[C@@H]5CC(=O)[C@H](C)O[C@H]5O[C@@H]4[C@H](C)O3)[C@H](C)O2)c2c(O)c3c(c(O)c2[C@H]1O[C@H]1C[C@H](N(C)C)[C@H](O)[C@H](C)O1)C(=O)c1cccc(O)c1C3=O. The topological polar surface area (TPSA) is 242 Å². The molecule has 0 saturated carbocycles. The molecule has 5 N–H and O–H groups in total. The van der Waals surface area contributed by atoms with Crippen molar-refractivity contribution in [3.8, 4) is 17.2 Å². The third kappa shape index (κ3) is 8.40. The van der Waals surface area contributed by atoms with E-state index in [4.69, 9.17) is 42.6 Å². The molecule has 5 heterocycles. The van der Waals surface area contributed by atoms with Gasteiger partial charge in [0, 0.05) is 60.9 Å². The fourth-order valence-electron chi connectivity index (χ4n) is 11.3. The summed E-state index contributed by atoms with van der Waals surface area (Å²) in [6.45, 7) is 8.84. The lowest BCUT2D eigenvalue weighted by Crippen LogP contribution is -2.62. The molecule has 9 rings (SSSR count). The zero-order valence-corrected chi connectivity index (χ0v) is 39.3. The maximum atomic E-state index is 14.3. The molecule has 0 bridgehead atoms. The van der Waals surface area contributed by atoms with Crippen molar-refractivity contribution in [1.82, 2.24) is 9.80 Å². The molecule has 5 fully saturated rings. The van der Waals surface area contributed by atoms with Crippen molar-refractivity contribution in [2.45, 2.75) is 183 Å². The fourth-order valence-corrected chi connectivity index (χ4v) is 11.3. The van der Waals surface area contributed by atoms with Crippen LogP contribution in [0.15, 0.2) is 18.2 Å². The van der Waals surface area contributed by atoms with E-state index in [-0.39, 0.29) is 66.2 Å². The summed E-state index contributed by atoms with van der Waals surface area (Å²) in [5.74, 6) is -3.62.